The number of rotatable bonds is 4. The molecular formula is C16H20N2O2S. The molecule has 3 rings (SSSR count). The van der Waals surface area contributed by atoms with Crippen molar-refractivity contribution in [1.82, 2.24) is 10.3 Å². The highest BCUT2D eigenvalue weighted by molar-refractivity contribution is 7.85. The Bertz CT molecular complexity index is 655. The highest BCUT2D eigenvalue weighted by atomic mass is 32.2. The van der Waals surface area contributed by atoms with Crippen LogP contribution < -0.4 is 5.32 Å². The van der Waals surface area contributed by atoms with E-state index in [0.29, 0.717) is 17.9 Å². The number of nitrogens with one attached hydrogen (secondary N) is 2. The zero-order chi connectivity index (χ0) is 14.7. The lowest BCUT2D eigenvalue weighted by molar-refractivity contribution is -0.121. The number of hydrogen-bond acceptors (Lipinski definition) is 2. The molecule has 1 saturated heterocycles. The van der Waals surface area contributed by atoms with Gasteiger partial charge in [-0.15, -0.1) is 0 Å². The number of aromatic nitrogens is 1. The molecule has 0 spiro atoms. The Morgan fingerprint density at radius 2 is 2.05 bits per heavy atom. The van der Waals surface area contributed by atoms with Crippen LogP contribution in [0.15, 0.2) is 30.5 Å². The van der Waals surface area contributed by atoms with Gasteiger partial charge in [0.25, 0.3) is 0 Å². The Balaban J connectivity index is 1.53. The Hall–Kier alpha value is -1.62. The van der Waals surface area contributed by atoms with Crippen molar-refractivity contribution in [3.63, 3.8) is 0 Å². The summed E-state index contributed by atoms with van der Waals surface area (Å²) >= 11 is 0. The van der Waals surface area contributed by atoms with Crippen LogP contribution in [0.1, 0.15) is 24.8 Å². The third-order valence-corrected chi connectivity index (χ3v) is 5.43. The maximum atomic E-state index is 12.0. The summed E-state index contributed by atoms with van der Waals surface area (Å²) in [5.74, 6) is 1.53. The lowest BCUT2D eigenvalue weighted by Gasteiger charge is -2.22. The number of H-pyrrole nitrogens is 1. The molecule has 1 amide bonds. The minimum absolute atomic E-state index is 0.0953. The van der Waals surface area contributed by atoms with Gasteiger partial charge in [0.15, 0.2) is 0 Å². The van der Waals surface area contributed by atoms with Gasteiger partial charge in [-0.3, -0.25) is 9.00 Å². The van der Waals surface area contributed by atoms with Gasteiger partial charge in [-0.25, -0.2) is 0 Å². The molecule has 1 aliphatic heterocycles. The molecule has 1 aromatic heterocycles. The van der Waals surface area contributed by atoms with Crippen molar-refractivity contribution in [1.29, 1.82) is 0 Å². The first kappa shape index (κ1) is 14.3. The first-order valence-electron chi connectivity index (χ1n) is 7.42. The molecule has 0 aliphatic carbocycles. The minimum atomic E-state index is -0.675. The Labute approximate surface area is 126 Å². The minimum Gasteiger partial charge on any atom is -0.361 e. The average Bonchev–Trinajstić information content (AvgIpc) is 2.91. The third-order valence-electron chi connectivity index (χ3n) is 4.05. The summed E-state index contributed by atoms with van der Waals surface area (Å²) in [5, 5.41) is 4.26. The van der Waals surface area contributed by atoms with E-state index in [9.17, 15) is 9.00 Å². The molecule has 21 heavy (non-hydrogen) atoms. The largest absolute Gasteiger partial charge is 0.361 e. The fraction of sp³-hybridized carbons (Fsp3) is 0.438. The molecule has 1 aromatic carbocycles. The predicted octanol–water partition coefficient (Wildman–Crippen LogP) is 2.13. The van der Waals surface area contributed by atoms with Crippen molar-refractivity contribution < 1.29 is 9.00 Å². The quantitative estimate of drug-likeness (QED) is 0.909. The van der Waals surface area contributed by atoms with Gasteiger partial charge < -0.3 is 10.3 Å². The lowest BCUT2D eigenvalue weighted by atomic mass is 10.1. The van der Waals surface area contributed by atoms with Crippen LogP contribution >= 0.6 is 0 Å². The lowest BCUT2D eigenvalue weighted by Crippen LogP contribution is -2.39. The highest BCUT2D eigenvalue weighted by Crippen LogP contribution is 2.19. The maximum Gasteiger partial charge on any atom is 0.220 e. The second-order valence-electron chi connectivity index (χ2n) is 5.55. The molecule has 2 N–H and O–H groups in total. The van der Waals surface area contributed by atoms with Crippen LogP contribution in [0.25, 0.3) is 10.9 Å². The van der Waals surface area contributed by atoms with Crippen LogP contribution in [0.2, 0.25) is 0 Å². The second kappa shape index (κ2) is 6.43. The number of benzene rings is 1. The monoisotopic (exact) mass is 304 g/mol. The van der Waals surface area contributed by atoms with Crippen LogP contribution in [-0.4, -0.2) is 32.6 Å². The SMILES string of the molecule is O=C(CCc1c[nH]c2ccccc12)NC1CCS(=O)CC1. The zero-order valence-corrected chi connectivity index (χ0v) is 12.7. The van der Waals surface area contributed by atoms with E-state index in [4.69, 9.17) is 0 Å². The molecule has 0 unspecified atom stereocenters. The molecule has 0 bridgehead atoms. The zero-order valence-electron chi connectivity index (χ0n) is 11.9. The van der Waals surface area contributed by atoms with Crippen LogP contribution in [0.4, 0.5) is 0 Å². The van der Waals surface area contributed by atoms with Crippen molar-refractivity contribution in [2.45, 2.75) is 31.7 Å². The predicted molar refractivity (Wildman–Crippen MR) is 85.7 cm³/mol. The van der Waals surface area contributed by atoms with Gasteiger partial charge in [0.1, 0.15) is 0 Å². The van der Waals surface area contributed by atoms with Crippen LogP contribution in [0, 0.1) is 0 Å². The van der Waals surface area contributed by atoms with Gasteiger partial charge in [0, 0.05) is 51.9 Å². The number of aryl methyl sites for hydroxylation is 1. The highest BCUT2D eigenvalue weighted by Gasteiger charge is 2.19. The molecule has 2 aromatic rings. The van der Waals surface area contributed by atoms with Gasteiger partial charge >= 0.3 is 0 Å². The molecule has 4 nitrogen and oxygen atoms in total. The van der Waals surface area contributed by atoms with E-state index < -0.39 is 10.8 Å². The normalized spacial score (nSPS) is 22.3. The topological polar surface area (TPSA) is 62.0 Å². The van der Waals surface area contributed by atoms with E-state index in [1.165, 1.54) is 10.9 Å². The molecule has 0 atom stereocenters. The summed E-state index contributed by atoms with van der Waals surface area (Å²) in [4.78, 5) is 15.3. The molecule has 0 saturated carbocycles. The Morgan fingerprint density at radius 1 is 1.29 bits per heavy atom. The standard InChI is InChI=1S/C16H20N2O2S/c19-16(18-13-7-9-21(20)10-8-13)6-5-12-11-17-15-4-2-1-3-14(12)15/h1-4,11,13,17H,5-10H2,(H,18,19). The number of carbonyl (C=O) groups is 1. The van der Waals surface area contributed by atoms with E-state index in [1.54, 1.807) is 0 Å². The first-order chi connectivity index (χ1) is 10.2. The second-order valence-corrected chi connectivity index (χ2v) is 7.25. The molecule has 5 heteroatoms. The number of amides is 1. The summed E-state index contributed by atoms with van der Waals surface area (Å²) < 4.78 is 11.3. The van der Waals surface area contributed by atoms with E-state index >= 15 is 0 Å². The number of carbonyl (C=O) groups excluding carboxylic acids is 1. The van der Waals surface area contributed by atoms with E-state index in [-0.39, 0.29) is 11.9 Å². The van der Waals surface area contributed by atoms with E-state index in [0.717, 1.165) is 24.8 Å². The number of fused-ring (bicyclic) bond motifs is 1. The third kappa shape index (κ3) is 3.53. The van der Waals surface area contributed by atoms with Crippen LogP contribution in [0.3, 0.4) is 0 Å². The van der Waals surface area contributed by atoms with Gasteiger partial charge in [-0.05, 0) is 30.9 Å². The molecular weight excluding hydrogens is 284 g/mol. The van der Waals surface area contributed by atoms with Gasteiger partial charge in [0.2, 0.25) is 5.91 Å². The average molecular weight is 304 g/mol. The van der Waals surface area contributed by atoms with Crippen molar-refractivity contribution in [3.8, 4) is 0 Å². The first-order valence-corrected chi connectivity index (χ1v) is 8.90. The Kier molecular flexibility index (Phi) is 4.39. The number of hydrogen-bond donors (Lipinski definition) is 2. The van der Waals surface area contributed by atoms with Gasteiger partial charge in [0.05, 0.1) is 0 Å². The molecule has 1 aliphatic rings. The van der Waals surface area contributed by atoms with Gasteiger partial charge in [-0.1, -0.05) is 18.2 Å². The fourth-order valence-electron chi connectivity index (χ4n) is 2.82. The van der Waals surface area contributed by atoms with Gasteiger partial charge in [-0.2, -0.15) is 0 Å². The summed E-state index contributed by atoms with van der Waals surface area (Å²) in [5.41, 5.74) is 2.30. The van der Waals surface area contributed by atoms with Crippen molar-refractivity contribution in [2.75, 3.05) is 11.5 Å². The van der Waals surface area contributed by atoms with Crippen LogP contribution in [-0.2, 0) is 22.0 Å². The molecule has 112 valence electrons. The summed E-state index contributed by atoms with van der Waals surface area (Å²) in [7, 11) is -0.675. The number of aromatic amines is 1. The summed E-state index contributed by atoms with van der Waals surface area (Å²) in [6.07, 6.45) is 4.91. The summed E-state index contributed by atoms with van der Waals surface area (Å²) in [6.45, 7) is 0. The molecule has 0 radical (unpaired) electrons. The van der Waals surface area contributed by atoms with Crippen molar-refractivity contribution in [3.05, 3.63) is 36.0 Å². The summed E-state index contributed by atoms with van der Waals surface area (Å²) in [6, 6.07) is 8.35. The Morgan fingerprint density at radius 3 is 2.86 bits per heavy atom. The maximum absolute atomic E-state index is 12.0. The smallest absolute Gasteiger partial charge is 0.220 e. The molecule has 2 heterocycles. The molecule has 1 fully saturated rings. The van der Waals surface area contributed by atoms with E-state index in [2.05, 4.69) is 16.4 Å². The number of para-hydroxylation sites is 1. The van der Waals surface area contributed by atoms with E-state index in [1.807, 2.05) is 24.4 Å². The van der Waals surface area contributed by atoms with Crippen molar-refractivity contribution in [2.24, 2.45) is 0 Å². The van der Waals surface area contributed by atoms with Crippen molar-refractivity contribution >= 4 is 27.6 Å². The van der Waals surface area contributed by atoms with Crippen LogP contribution in [0.5, 0.6) is 0 Å². The fourth-order valence-corrected chi connectivity index (χ4v) is 4.12.